The molecule has 0 atom stereocenters. The molecular weight excluding hydrogens is 490 g/mol. The van der Waals surface area contributed by atoms with E-state index in [1.54, 1.807) is 12.1 Å². The Morgan fingerprint density at radius 1 is 1.04 bits per heavy atom. The van der Waals surface area contributed by atoms with Crippen LogP contribution in [0.2, 0.25) is 0 Å². The second-order valence-electron chi connectivity index (χ2n) is 5.50. The number of nitrogens with zero attached hydrogens (tertiary/aromatic N) is 1. The number of phenolic OH excluding ortho intramolecular Hbond substituents is 1. The van der Waals surface area contributed by atoms with Crippen LogP contribution in [0.4, 0.5) is 17.1 Å². The first-order chi connectivity index (χ1) is 10.6. The van der Waals surface area contributed by atoms with Gasteiger partial charge in [0.2, 0.25) is 0 Å². The topological polar surface area (TPSA) is 72.4 Å². The molecule has 0 unspecified atom stereocenters. The van der Waals surface area contributed by atoms with Gasteiger partial charge in [-0.2, -0.15) is 13.5 Å². The van der Waals surface area contributed by atoms with E-state index in [-0.39, 0.29) is 40.3 Å². The average Bonchev–Trinajstić information content (AvgIpc) is 2.53. The van der Waals surface area contributed by atoms with Gasteiger partial charge in [-0.05, 0) is 36.8 Å². The van der Waals surface area contributed by atoms with Gasteiger partial charge in [-0.3, -0.25) is 0 Å². The second-order valence-corrected chi connectivity index (χ2v) is 5.50. The number of rotatable bonds is 2. The Hall–Kier alpha value is -1.16. The molecule has 0 aromatic heterocycles. The van der Waals surface area contributed by atoms with E-state index >= 15 is 0 Å². The van der Waals surface area contributed by atoms with Crippen LogP contribution in [-0.4, -0.2) is 18.2 Å². The summed E-state index contributed by atoms with van der Waals surface area (Å²) in [4.78, 5) is 0. The van der Waals surface area contributed by atoms with Gasteiger partial charge in [0, 0.05) is 32.8 Å². The summed E-state index contributed by atoms with van der Waals surface area (Å²) in [5.74, 6) is 0.173. The first-order valence-corrected chi connectivity index (χ1v) is 7.70. The molecule has 6 heteroatoms. The van der Waals surface area contributed by atoms with Crippen LogP contribution in [0.3, 0.4) is 0 Å². The van der Waals surface area contributed by atoms with Crippen LogP contribution >= 0.6 is 13.5 Å². The fourth-order valence-corrected chi connectivity index (χ4v) is 2.28. The average molecular weight is 516 g/mol. The van der Waals surface area contributed by atoms with Crippen molar-refractivity contribution in [3.8, 4) is 5.75 Å². The number of piperidine rings is 1. The molecule has 1 saturated heterocycles. The zero-order chi connectivity index (χ0) is 15.8. The number of aryl methyl sites for hydroxylation is 1. The van der Waals surface area contributed by atoms with Crippen molar-refractivity contribution in [3.63, 3.8) is 0 Å². The zero-order valence-corrected chi connectivity index (χ0v) is 17.9. The van der Waals surface area contributed by atoms with E-state index in [9.17, 15) is 5.11 Å². The van der Waals surface area contributed by atoms with Crippen LogP contribution in [0.5, 0.6) is 5.75 Å². The number of benzene rings is 2. The number of hydrogen-bond donors (Lipinski definition) is 3. The number of anilines is 3. The van der Waals surface area contributed by atoms with Gasteiger partial charge in [0.25, 0.3) is 0 Å². The normalized spacial score (nSPS) is 12.7. The summed E-state index contributed by atoms with van der Waals surface area (Å²) >= 11 is 0. The Kier molecular flexibility index (Phi) is 11.6. The predicted octanol–water partition coefficient (Wildman–Crippen LogP) is 4.68. The molecule has 1 aliphatic heterocycles. The molecule has 0 spiro atoms. The first kappa shape index (κ1) is 22.8. The molecule has 4 N–H and O–H groups in total. The molecule has 0 aliphatic carbocycles. The molecule has 24 heavy (non-hydrogen) atoms. The minimum atomic E-state index is 0. The van der Waals surface area contributed by atoms with E-state index in [0.717, 1.165) is 24.5 Å². The van der Waals surface area contributed by atoms with Crippen molar-refractivity contribution in [2.24, 2.45) is 0 Å². The SMILES string of the molecule is C1CC[N-]CC1.Cc1cccc(Nc2ccc(O)cc2N)c1.S.[W]. The van der Waals surface area contributed by atoms with Crippen LogP contribution in [0.15, 0.2) is 42.5 Å². The van der Waals surface area contributed by atoms with Gasteiger partial charge in [-0.15, -0.1) is 13.1 Å². The van der Waals surface area contributed by atoms with E-state index in [2.05, 4.69) is 10.6 Å². The number of phenols is 1. The van der Waals surface area contributed by atoms with Gasteiger partial charge in [-0.1, -0.05) is 31.4 Å². The summed E-state index contributed by atoms with van der Waals surface area (Å²) in [7, 11) is 0. The molecule has 2 aromatic rings. The van der Waals surface area contributed by atoms with Crippen LogP contribution in [0, 0.1) is 6.92 Å². The molecule has 2 aromatic carbocycles. The standard InChI is InChI=1S/C13H14N2O.C5H10N.H2S.W/c1-9-3-2-4-10(7-9)15-13-6-5-11(16)8-12(13)14;1-2-4-6-5-3-1;;/h2-8,15-16H,14H2,1H3;1-5H2;1H2;/q;-1;;. The van der Waals surface area contributed by atoms with E-state index < -0.39 is 0 Å². The summed E-state index contributed by atoms with van der Waals surface area (Å²) in [6, 6.07) is 12.9. The van der Waals surface area contributed by atoms with Gasteiger partial charge in [0.05, 0.1) is 11.4 Å². The van der Waals surface area contributed by atoms with Crippen LogP contribution in [0.1, 0.15) is 24.8 Å². The van der Waals surface area contributed by atoms with E-state index in [4.69, 9.17) is 5.73 Å². The molecule has 0 amide bonds. The fraction of sp³-hybridized carbons (Fsp3) is 0.333. The summed E-state index contributed by atoms with van der Waals surface area (Å²) in [5, 5.41) is 16.6. The number of hydrogen-bond acceptors (Lipinski definition) is 3. The van der Waals surface area contributed by atoms with E-state index in [1.165, 1.54) is 30.9 Å². The molecule has 1 heterocycles. The van der Waals surface area contributed by atoms with Crippen LogP contribution in [-0.2, 0) is 21.1 Å². The fourth-order valence-electron chi connectivity index (χ4n) is 2.28. The molecule has 1 fully saturated rings. The van der Waals surface area contributed by atoms with Crippen molar-refractivity contribution < 1.29 is 26.2 Å². The second kappa shape index (κ2) is 12.2. The van der Waals surface area contributed by atoms with Gasteiger partial charge in [0.15, 0.2) is 0 Å². The molecule has 1 aliphatic rings. The van der Waals surface area contributed by atoms with Gasteiger partial charge < -0.3 is 21.5 Å². The molecule has 132 valence electrons. The monoisotopic (exact) mass is 516 g/mol. The molecular formula is C18H26N3OSW-. The van der Waals surface area contributed by atoms with E-state index in [0.29, 0.717) is 5.69 Å². The smallest absolute Gasteiger partial charge is 0.117 e. The third-order valence-corrected chi connectivity index (χ3v) is 3.46. The largest absolute Gasteiger partial charge is 0.662 e. The Labute approximate surface area is 165 Å². The Morgan fingerprint density at radius 3 is 2.25 bits per heavy atom. The number of aromatic hydroxyl groups is 1. The van der Waals surface area contributed by atoms with Crippen molar-refractivity contribution in [2.45, 2.75) is 26.2 Å². The van der Waals surface area contributed by atoms with Gasteiger partial charge >= 0.3 is 0 Å². The van der Waals surface area contributed by atoms with Crippen molar-refractivity contribution in [3.05, 3.63) is 53.3 Å². The van der Waals surface area contributed by atoms with Crippen molar-refractivity contribution in [1.29, 1.82) is 0 Å². The van der Waals surface area contributed by atoms with Crippen molar-refractivity contribution in [2.75, 3.05) is 24.1 Å². The summed E-state index contributed by atoms with van der Waals surface area (Å²) < 4.78 is 0. The Morgan fingerprint density at radius 2 is 1.75 bits per heavy atom. The maximum absolute atomic E-state index is 9.24. The van der Waals surface area contributed by atoms with Crippen molar-refractivity contribution in [1.82, 2.24) is 0 Å². The maximum Gasteiger partial charge on any atom is 0.117 e. The predicted molar refractivity (Wildman–Crippen MR) is 104 cm³/mol. The Bertz CT molecular complexity index is 595. The number of nitrogens with one attached hydrogen (secondary N) is 1. The first-order valence-electron chi connectivity index (χ1n) is 7.70. The molecule has 0 saturated carbocycles. The minimum Gasteiger partial charge on any atom is -0.662 e. The third kappa shape index (κ3) is 8.09. The van der Waals surface area contributed by atoms with Gasteiger partial charge in [-0.25, -0.2) is 0 Å². The van der Waals surface area contributed by atoms with Gasteiger partial charge in [0.1, 0.15) is 5.75 Å². The number of nitrogen functional groups attached to an aromatic ring is 1. The quantitative estimate of drug-likeness (QED) is 0.401. The minimum absolute atomic E-state index is 0. The molecule has 3 rings (SSSR count). The zero-order valence-electron chi connectivity index (χ0n) is 14.0. The number of nitrogens with two attached hydrogens (primary N) is 1. The molecule has 0 radical (unpaired) electrons. The Balaban J connectivity index is 0.000000565. The van der Waals surface area contributed by atoms with Crippen LogP contribution in [0.25, 0.3) is 5.32 Å². The summed E-state index contributed by atoms with van der Waals surface area (Å²) in [5.41, 5.74) is 9.28. The van der Waals surface area contributed by atoms with Crippen LogP contribution < -0.4 is 11.1 Å². The summed E-state index contributed by atoms with van der Waals surface area (Å²) in [6.45, 7) is 4.28. The maximum atomic E-state index is 9.24. The summed E-state index contributed by atoms with van der Waals surface area (Å²) in [6.07, 6.45) is 4.07. The molecule has 4 nitrogen and oxygen atoms in total. The van der Waals surface area contributed by atoms with E-state index in [1.807, 2.05) is 31.2 Å². The third-order valence-electron chi connectivity index (χ3n) is 3.46. The molecule has 0 bridgehead atoms. The van der Waals surface area contributed by atoms with Crippen molar-refractivity contribution >= 4 is 30.6 Å².